The molecular weight excluding hydrogens is 448 g/mol. The van der Waals surface area contributed by atoms with Crippen LogP contribution in [0.3, 0.4) is 0 Å². The van der Waals surface area contributed by atoms with Crippen molar-refractivity contribution >= 4 is 35.1 Å². The number of nitrogens with one attached hydrogen (secondary N) is 1. The van der Waals surface area contributed by atoms with Crippen molar-refractivity contribution in [3.05, 3.63) is 79.4 Å². The first-order valence-corrected chi connectivity index (χ1v) is 10.9. The molecular formula is C23H23ClN4O5. The van der Waals surface area contributed by atoms with E-state index < -0.39 is 17.2 Å². The summed E-state index contributed by atoms with van der Waals surface area (Å²) in [5, 5.41) is 0.499. The summed E-state index contributed by atoms with van der Waals surface area (Å²) in [6.45, 7) is 2.21. The number of H-pyrrole nitrogens is 1. The van der Waals surface area contributed by atoms with Crippen LogP contribution in [0.4, 0.5) is 11.5 Å². The van der Waals surface area contributed by atoms with Crippen molar-refractivity contribution < 1.29 is 13.9 Å². The number of unbranched alkanes of at least 4 members (excludes halogenated alkanes) is 1. The van der Waals surface area contributed by atoms with Gasteiger partial charge in [0, 0.05) is 17.1 Å². The minimum absolute atomic E-state index is 0.00456. The number of furan rings is 1. The molecule has 0 fully saturated rings. The van der Waals surface area contributed by atoms with Gasteiger partial charge in [-0.15, -0.1) is 0 Å². The zero-order valence-electron chi connectivity index (χ0n) is 18.0. The van der Waals surface area contributed by atoms with Gasteiger partial charge in [-0.2, -0.15) is 0 Å². The van der Waals surface area contributed by atoms with Gasteiger partial charge in [0.25, 0.3) is 11.5 Å². The maximum atomic E-state index is 13.6. The first-order chi connectivity index (χ1) is 15.9. The predicted octanol–water partition coefficient (Wildman–Crippen LogP) is 3.17. The van der Waals surface area contributed by atoms with Crippen LogP contribution in [0.2, 0.25) is 5.02 Å². The Morgan fingerprint density at radius 3 is 2.85 bits per heavy atom. The summed E-state index contributed by atoms with van der Waals surface area (Å²) in [6.07, 6.45) is 4.63. The van der Waals surface area contributed by atoms with Gasteiger partial charge in [-0.25, -0.2) is 4.79 Å². The minimum Gasteiger partial charge on any atom is -0.488 e. The molecule has 33 heavy (non-hydrogen) atoms. The highest BCUT2D eigenvalue weighted by Gasteiger charge is 2.29. The lowest BCUT2D eigenvalue weighted by molar-refractivity contribution is -0.115. The fourth-order valence-electron chi connectivity index (χ4n) is 3.63. The van der Waals surface area contributed by atoms with E-state index in [9.17, 15) is 14.4 Å². The number of halogens is 1. The van der Waals surface area contributed by atoms with Crippen molar-refractivity contribution in [2.45, 2.75) is 32.9 Å². The molecule has 4 rings (SSSR count). The Balaban J connectivity index is 1.81. The number of ether oxygens (including phenoxy) is 1. The number of nitrogens with two attached hydrogens (primary N) is 1. The zero-order chi connectivity index (χ0) is 23.5. The Bertz CT molecular complexity index is 1320. The molecule has 1 aliphatic heterocycles. The number of amides is 1. The number of anilines is 2. The molecule has 0 spiro atoms. The molecule has 3 heterocycles. The molecule has 1 aliphatic rings. The number of carbonyl (C=O) groups excluding carboxylic acids is 1. The number of hydrogen-bond acceptors (Lipinski definition) is 6. The summed E-state index contributed by atoms with van der Waals surface area (Å²) in [4.78, 5) is 42.3. The number of aromatic amines is 1. The van der Waals surface area contributed by atoms with Crippen molar-refractivity contribution in [2.24, 2.45) is 0 Å². The van der Waals surface area contributed by atoms with E-state index in [0.717, 1.165) is 6.42 Å². The molecule has 9 nitrogen and oxygen atoms in total. The second-order valence-corrected chi connectivity index (χ2v) is 8.05. The number of rotatable bonds is 7. The third-order valence-corrected chi connectivity index (χ3v) is 5.55. The molecule has 1 aromatic carbocycles. The minimum atomic E-state index is -0.758. The van der Waals surface area contributed by atoms with Gasteiger partial charge >= 0.3 is 5.69 Å². The number of nitrogens with zero attached hydrogens (tertiary/aromatic N) is 2. The highest BCUT2D eigenvalue weighted by Crippen LogP contribution is 2.31. The second-order valence-electron chi connectivity index (χ2n) is 7.61. The summed E-state index contributed by atoms with van der Waals surface area (Å²) in [6, 6.07) is 8.46. The molecule has 3 aromatic rings. The quantitative estimate of drug-likeness (QED) is 0.546. The van der Waals surface area contributed by atoms with Crippen LogP contribution in [0.25, 0.3) is 6.08 Å². The largest absolute Gasteiger partial charge is 0.488 e. The third-order valence-electron chi connectivity index (χ3n) is 5.32. The van der Waals surface area contributed by atoms with Crippen LogP contribution < -0.4 is 26.6 Å². The Kier molecular flexibility index (Phi) is 6.41. The van der Waals surface area contributed by atoms with E-state index in [0.29, 0.717) is 40.6 Å². The van der Waals surface area contributed by atoms with E-state index in [1.54, 1.807) is 36.4 Å². The summed E-state index contributed by atoms with van der Waals surface area (Å²) >= 11 is 6.09. The van der Waals surface area contributed by atoms with Crippen molar-refractivity contribution in [1.29, 1.82) is 0 Å². The lowest BCUT2D eigenvalue weighted by Gasteiger charge is -2.26. The van der Waals surface area contributed by atoms with Crippen LogP contribution in [-0.4, -0.2) is 22.1 Å². The molecule has 10 heteroatoms. The Morgan fingerprint density at radius 1 is 1.30 bits per heavy atom. The average Bonchev–Trinajstić information content (AvgIpc) is 3.30. The van der Waals surface area contributed by atoms with Crippen molar-refractivity contribution in [3.8, 4) is 5.75 Å². The molecule has 0 saturated carbocycles. The van der Waals surface area contributed by atoms with Crippen LogP contribution in [0.1, 0.15) is 31.1 Å². The first-order valence-electron chi connectivity index (χ1n) is 10.5. The van der Waals surface area contributed by atoms with E-state index >= 15 is 0 Å². The zero-order valence-corrected chi connectivity index (χ0v) is 18.7. The standard InChI is InChI=1S/C23H23ClN4O5/c1-2-3-8-27-20(25)19(21(29)26-23(27)31)28(12-17-5-4-9-32-17)22(30)15-10-14-11-16(24)6-7-18(14)33-13-15/h4-7,9-11H,2-3,8,12-13,25H2,1H3,(H,26,29,31). The van der Waals surface area contributed by atoms with E-state index in [4.69, 9.17) is 26.5 Å². The SMILES string of the molecule is CCCCn1c(N)c(N(Cc2ccco2)C(=O)C2=Cc3cc(Cl)ccc3OC2)c(=O)[nH]c1=O. The normalized spacial score (nSPS) is 12.6. The first kappa shape index (κ1) is 22.5. The molecule has 2 aromatic heterocycles. The molecule has 1 amide bonds. The fraction of sp³-hybridized carbons (Fsp3) is 0.261. The molecule has 172 valence electrons. The van der Waals surface area contributed by atoms with Gasteiger partial charge in [0.1, 0.15) is 23.9 Å². The van der Waals surface area contributed by atoms with E-state index in [2.05, 4.69) is 4.98 Å². The van der Waals surface area contributed by atoms with Crippen molar-refractivity contribution in [2.75, 3.05) is 17.2 Å². The number of nitrogen functional groups attached to an aromatic ring is 1. The Labute approximate surface area is 194 Å². The van der Waals surface area contributed by atoms with Gasteiger partial charge in [0.2, 0.25) is 0 Å². The van der Waals surface area contributed by atoms with Gasteiger partial charge in [-0.05, 0) is 42.8 Å². The monoisotopic (exact) mass is 470 g/mol. The number of benzene rings is 1. The summed E-state index contributed by atoms with van der Waals surface area (Å²) in [7, 11) is 0. The fourth-order valence-corrected chi connectivity index (χ4v) is 3.81. The van der Waals surface area contributed by atoms with Gasteiger partial charge in [0.15, 0.2) is 5.69 Å². The summed E-state index contributed by atoms with van der Waals surface area (Å²) < 4.78 is 12.4. The lowest BCUT2D eigenvalue weighted by atomic mass is 10.1. The van der Waals surface area contributed by atoms with Crippen LogP contribution in [0.15, 0.2) is 56.2 Å². The molecule has 0 bridgehead atoms. The molecule has 3 N–H and O–H groups in total. The smallest absolute Gasteiger partial charge is 0.330 e. The van der Waals surface area contributed by atoms with E-state index in [1.807, 2.05) is 6.92 Å². The molecule has 0 aliphatic carbocycles. The highest BCUT2D eigenvalue weighted by molar-refractivity contribution is 6.30. The molecule has 0 radical (unpaired) electrons. The van der Waals surface area contributed by atoms with Crippen LogP contribution >= 0.6 is 11.6 Å². The van der Waals surface area contributed by atoms with Crippen LogP contribution in [-0.2, 0) is 17.9 Å². The topological polar surface area (TPSA) is 124 Å². The lowest BCUT2D eigenvalue weighted by Crippen LogP contribution is -2.42. The van der Waals surface area contributed by atoms with Gasteiger partial charge < -0.3 is 14.9 Å². The number of fused-ring (bicyclic) bond motifs is 1. The van der Waals surface area contributed by atoms with E-state index in [-0.39, 0.29) is 24.7 Å². The maximum Gasteiger partial charge on any atom is 0.330 e. The summed E-state index contributed by atoms with van der Waals surface area (Å²) in [5.74, 6) is 0.445. The van der Waals surface area contributed by atoms with Gasteiger partial charge in [0.05, 0.1) is 18.4 Å². The molecule has 0 atom stereocenters. The average molecular weight is 471 g/mol. The summed E-state index contributed by atoms with van der Waals surface area (Å²) in [5.41, 5.74) is 5.71. The predicted molar refractivity (Wildman–Crippen MR) is 125 cm³/mol. The Morgan fingerprint density at radius 2 is 2.12 bits per heavy atom. The van der Waals surface area contributed by atoms with Crippen LogP contribution in [0.5, 0.6) is 5.75 Å². The van der Waals surface area contributed by atoms with E-state index in [1.165, 1.54) is 15.7 Å². The Hall–Kier alpha value is -3.72. The molecule has 0 unspecified atom stereocenters. The third kappa shape index (κ3) is 4.58. The van der Waals surface area contributed by atoms with Crippen LogP contribution in [0, 0.1) is 0 Å². The number of hydrogen-bond donors (Lipinski definition) is 2. The number of aromatic nitrogens is 2. The van der Waals surface area contributed by atoms with Gasteiger partial charge in [-0.1, -0.05) is 24.9 Å². The van der Waals surface area contributed by atoms with Crippen molar-refractivity contribution in [3.63, 3.8) is 0 Å². The highest BCUT2D eigenvalue weighted by atomic mass is 35.5. The molecule has 0 saturated heterocycles. The van der Waals surface area contributed by atoms with Gasteiger partial charge in [-0.3, -0.25) is 24.0 Å². The second kappa shape index (κ2) is 9.41. The number of carbonyl (C=O) groups is 1. The van der Waals surface area contributed by atoms with Crippen molar-refractivity contribution in [1.82, 2.24) is 9.55 Å². The maximum absolute atomic E-state index is 13.6.